The van der Waals surface area contributed by atoms with Gasteiger partial charge in [0.1, 0.15) is 17.2 Å². The highest BCUT2D eigenvalue weighted by Gasteiger charge is 2.42. The van der Waals surface area contributed by atoms with E-state index in [-0.39, 0.29) is 11.7 Å². The quantitative estimate of drug-likeness (QED) is 0.366. The summed E-state index contributed by atoms with van der Waals surface area (Å²) in [4.78, 5) is 25.5. The third-order valence-corrected chi connectivity index (χ3v) is 6.69. The second-order valence-corrected chi connectivity index (χ2v) is 8.87. The summed E-state index contributed by atoms with van der Waals surface area (Å²) in [6.45, 7) is 2.13. The molecule has 1 fully saturated rings. The van der Waals surface area contributed by atoms with Gasteiger partial charge < -0.3 is 14.6 Å². The number of ether oxygens (including phenoxy) is 2. The van der Waals surface area contributed by atoms with Crippen molar-refractivity contribution >= 4 is 11.9 Å². The Bertz CT molecular complexity index is 1190. The highest BCUT2D eigenvalue weighted by Crippen LogP contribution is 2.58. The molecule has 33 heavy (non-hydrogen) atoms. The fourth-order valence-corrected chi connectivity index (χ4v) is 5.13. The number of esters is 2. The molecule has 3 aromatic rings. The minimum Gasteiger partial charge on any atom is -0.508 e. The Morgan fingerprint density at radius 3 is 1.76 bits per heavy atom. The van der Waals surface area contributed by atoms with Crippen molar-refractivity contribution in [2.75, 3.05) is 0 Å². The summed E-state index contributed by atoms with van der Waals surface area (Å²) in [5.74, 6) is 0.944. The minimum absolute atomic E-state index is 0.0934. The number of phenols is 1. The minimum atomic E-state index is -0.475. The fourth-order valence-electron chi connectivity index (χ4n) is 5.13. The highest BCUT2D eigenvalue weighted by atomic mass is 16.5. The number of hydrogen-bond donors (Lipinski definition) is 1. The summed E-state index contributed by atoms with van der Waals surface area (Å²) in [5, 5.41) is 9.46. The third kappa shape index (κ3) is 4.11. The topological polar surface area (TPSA) is 72.8 Å². The van der Waals surface area contributed by atoms with Crippen LogP contribution in [0.1, 0.15) is 81.8 Å². The van der Waals surface area contributed by atoms with Crippen LogP contribution < -0.4 is 9.47 Å². The monoisotopic (exact) mass is 442 g/mol. The van der Waals surface area contributed by atoms with Gasteiger partial charge in [0, 0.05) is 11.1 Å². The number of carbonyl (C=O) groups excluding carboxylic acids is 2. The van der Waals surface area contributed by atoms with Crippen molar-refractivity contribution in [3.05, 3.63) is 88.5 Å². The molecule has 0 radical (unpaired) electrons. The fraction of sp³-hybridized carbons (Fsp3) is 0.286. The van der Waals surface area contributed by atoms with Gasteiger partial charge in [-0.3, -0.25) is 0 Å². The van der Waals surface area contributed by atoms with Gasteiger partial charge in [-0.15, -0.1) is 0 Å². The van der Waals surface area contributed by atoms with E-state index in [2.05, 4.69) is 6.92 Å². The molecule has 3 aromatic carbocycles. The summed E-state index contributed by atoms with van der Waals surface area (Å²) in [6, 6.07) is 17.0. The number of rotatable bonds is 6. The zero-order chi connectivity index (χ0) is 22.9. The van der Waals surface area contributed by atoms with Gasteiger partial charge in [-0.1, -0.05) is 25.5 Å². The van der Waals surface area contributed by atoms with Gasteiger partial charge in [0.15, 0.2) is 0 Å². The zero-order valence-electron chi connectivity index (χ0n) is 18.5. The number of phenolic OH excluding ortho intramolecular Hbond substituents is 1. The molecule has 5 rings (SSSR count). The summed E-state index contributed by atoms with van der Waals surface area (Å²) in [5.41, 5.74) is 4.08. The lowest BCUT2D eigenvalue weighted by Crippen LogP contribution is -2.14. The number of hydrogen-bond acceptors (Lipinski definition) is 5. The van der Waals surface area contributed by atoms with Crippen LogP contribution in [-0.4, -0.2) is 17.0 Å². The van der Waals surface area contributed by atoms with Gasteiger partial charge in [-0.2, -0.15) is 0 Å². The van der Waals surface area contributed by atoms with Gasteiger partial charge in [-0.05, 0) is 91.6 Å². The largest absolute Gasteiger partial charge is 0.508 e. The first-order valence-electron chi connectivity index (χ1n) is 11.5. The van der Waals surface area contributed by atoms with E-state index in [4.69, 9.17) is 9.47 Å². The smallest absolute Gasteiger partial charge is 0.343 e. The molecule has 168 valence electrons. The molecule has 1 N–H and O–H groups in total. The molecule has 2 bridgehead atoms. The number of fused-ring (bicyclic) bond motifs is 5. The van der Waals surface area contributed by atoms with E-state index in [0.717, 1.165) is 43.2 Å². The molecule has 0 aromatic heterocycles. The van der Waals surface area contributed by atoms with Gasteiger partial charge in [0.05, 0.1) is 11.1 Å². The average molecular weight is 443 g/mol. The standard InChI is InChI=1S/C28H26O5/c1-2-3-17-4-6-18(7-5-17)27(30)32-23-14-15-24(26-21-9-8-20(16-21)25(23)26)33-28(31)19-10-12-22(29)13-11-19/h4-7,10-15,20-21,29H,2-3,8-9,16H2,1H3. The molecule has 2 aliphatic rings. The van der Waals surface area contributed by atoms with Crippen molar-refractivity contribution in [2.24, 2.45) is 0 Å². The van der Waals surface area contributed by atoms with E-state index in [9.17, 15) is 14.7 Å². The van der Waals surface area contributed by atoms with Gasteiger partial charge in [0.25, 0.3) is 0 Å². The van der Waals surface area contributed by atoms with Gasteiger partial charge >= 0.3 is 11.9 Å². The lowest BCUT2D eigenvalue weighted by atomic mass is 9.90. The van der Waals surface area contributed by atoms with E-state index >= 15 is 0 Å². The second kappa shape index (κ2) is 8.74. The van der Waals surface area contributed by atoms with Crippen molar-refractivity contribution in [3.8, 4) is 17.2 Å². The van der Waals surface area contributed by atoms with E-state index in [0.29, 0.717) is 34.5 Å². The van der Waals surface area contributed by atoms with Crippen molar-refractivity contribution in [2.45, 2.75) is 50.9 Å². The number of aryl methyl sites for hydroxylation is 1. The maximum Gasteiger partial charge on any atom is 0.343 e. The molecule has 0 aliphatic heterocycles. The number of carbonyl (C=O) groups is 2. The summed E-state index contributed by atoms with van der Waals surface area (Å²) < 4.78 is 11.6. The molecule has 2 atom stereocenters. The maximum absolute atomic E-state index is 12.8. The zero-order valence-corrected chi connectivity index (χ0v) is 18.5. The molecular formula is C28H26O5. The van der Waals surface area contributed by atoms with E-state index in [1.54, 1.807) is 12.1 Å². The highest BCUT2D eigenvalue weighted by molar-refractivity contribution is 5.92. The first-order chi connectivity index (χ1) is 16.0. The Labute approximate surface area is 193 Å². The van der Waals surface area contributed by atoms with Crippen molar-refractivity contribution in [3.63, 3.8) is 0 Å². The third-order valence-electron chi connectivity index (χ3n) is 6.69. The van der Waals surface area contributed by atoms with Crippen molar-refractivity contribution < 1.29 is 24.2 Å². The second-order valence-electron chi connectivity index (χ2n) is 8.87. The Kier molecular flexibility index (Phi) is 5.63. The lowest BCUT2D eigenvalue weighted by molar-refractivity contribution is 0.0716. The van der Waals surface area contributed by atoms with Crippen LogP contribution in [0.5, 0.6) is 17.2 Å². The van der Waals surface area contributed by atoms with Crippen molar-refractivity contribution in [1.82, 2.24) is 0 Å². The Morgan fingerprint density at radius 1 is 0.788 bits per heavy atom. The van der Waals surface area contributed by atoms with Crippen LogP contribution in [0, 0.1) is 0 Å². The van der Waals surface area contributed by atoms with Crippen LogP contribution in [0.25, 0.3) is 0 Å². The predicted molar refractivity (Wildman–Crippen MR) is 124 cm³/mol. The van der Waals surface area contributed by atoms with Crippen LogP contribution in [-0.2, 0) is 6.42 Å². The Morgan fingerprint density at radius 2 is 1.27 bits per heavy atom. The Balaban J connectivity index is 1.40. The summed E-state index contributed by atoms with van der Waals surface area (Å²) >= 11 is 0. The van der Waals surface area contributed by atoms with Gasteiger partial charge in [0.2, 0.25) is 0 Å². The van der Waals surface area contributed by atoms with Crippen LogP contribution >= 0.6 is 0 Å². The van der Waals surface area contributed by atoms with E-state index < -0.39 is 5.97 Å². The molecule has 2 aliphatic carbocycles. The van der Waals surface area contributed by atoms with Crippen LogP contribution in [0.4, 0.5) is 0 Å². The molecule has 0 saturated heterocycles. The summed E-state index contributed by atoms with van der Waals surface area (Å²) in [7, 11) is 0. The SMILES string of the molecule is CCCc1ccc(C(=O)Oc2ccc(OC(=O)c3ccc(O)cc3)c3c2C2CCC3C2)cc1. The van der Waals surface area contributed by atoms with Crippen LogP contribution in [0.3, 0.4) is 0 Å². The van der Waals surface area contributed by atoms with E-state index in [1.165, 1.54) is 29.8 Å². The normalized spacial score (nSPS) is 18.1. The molecule has 2 unspecified atom stereocenters. The summed E-state index contributed by atoms with van der Waals surface area (Å²) in [6.07, 6.45) is 5.11. The van der Waals surface area contributed by atoms with Crippen LogP contribution in [0.2, 0.25) is 0 Å². The van der Waals surface area contributed by atoms with Gasteiger partial charge in [-0.25, -0.2) is 9.59 Å². The van der Waals surface area contributed by atoms with Crippen molar-refractivity contribution in [1.29, 1.82) is 0 Å². The molecule has 0 heterocycles. The predicted octanol–water partition coefficient (Wildman–Crippen LogP) is 6.15. The Hall–Kier alpha value is -3.60. The molecular weight excluding hydrogens is 416 g/mol. The molecule has 0 amide bonds. The average Bonchev–Trinajstić information content (AvgIpc) is 3.44. The van der Waals surface area contributed by atoms with E-state index in [1.807, 2.05) is 24.3 Å². The first kappa shape index (κ1) is 21.3. The maximum atomic E-state index is 12.8. The number of aromatic hydroxyl groups is 1. The lowest BCUT2D eigenvalue weighted by Gasteiger charge is -2.21. The molecule has 5 nitrogen and oxygen atoms in total. The first-order valence-corrected chi connectivity index (χ1v) is 11.5. The molecule has 5 heteroatoms. The van der Waals surface area contributed by atoms with Crippen LogP contribution in [0.15, 0.2) is 60.7 Å². The number of benzene rings is 3. The molecule has 0 spiro atoms. The molecule has 1 saturated carbocycles.